The van der Waals surface area contributed by atoms with Crippen LogP contribution in [0.4, 0.5) is 26.7 Å². The molecule has 14 heteroatoms. The van der Waals surface area contributed by atoms with Gasteiger partial charge in [0.2, 0.25) is 30.0 Å². The fourth-order valence-corrected chi connectivity index (χ4v) is 5.87. The van der Waals surface area contributed by atoms with E-state index >= 15 is 0 Å². The van der Waals surface area contributed by atoms with Crippen LogP contribution in [-0.2, 0) is 19.1 Å². The average molecular weight is 559 g/mol. The first-order chi connectivity index (χ1) is 16.8. The van der Waals surface area contributed by atoms with Crippen LogP contribution in [0.2, 0.25) is 0 Å². The van der Waals surface area contributed by atoms with E-state index in [2.05, 4.69) is 12.6 Å². The summed E-state index contributed by atoms with van der Waals surface area (Å²) < 4.78 is 78.3. The lowest BCUT2D eigenvalue weighted by atomic mass is 9.81. The van der Waals surface area contributed by atoms with Crippen LogP contribution in [0.15, 0.2) is 0 Å². The molecule has 0 aromatic heterocycles. The first-order valence-corrected chi connectivity index (χ1v) is 12.9. The highest BCUT2D eigenvalue weighted by Crippen LogP contribution is 2.89. The number of halogens is 5. The smallest absolute Gasteiger partial charge is 0.417 e. The van der Waals surface area contributed by atoms with Crippen LogP contribution in [-0.4, -0.2) is 81.8 Å². The number of imide groups is 1. The Balaban J connectivity index is 1.63. The molecule has 1 aliphatic carbocycles. The summed E-state index contributed by atoms with van der Waals surface area (Å²) in [5, 5.41) is 0. The van der Waals surface area contributed by atoms with Gasteiger partial charge in [-0.15, -0.1) is 0 Å². The number of alkyl halides is 5. The van der Waals surface area contributed by atoms with Gasteiger partial charge in [0.05, 0.1) is 17.9 Å². The monoisotopic (exact) mass is 558 g/mol. The summed E-state index contributed by atoms with van der Waals surface area (Å²) in [6, 6.07) is 0.0210. The number of nitrogens with two attached hydrogens (primary N) is 1. The molecule has 8 nitrogen and oxygen atoms in total. The maximum absolute atomic E-state index is 13.8. The second kappa shape index (κ2) is 8.67. The van der Waals surface area contributed by atoms with E-state index < -0.39 is 84.9 Å². The van der Waals surface area contributed by atoms with E-state index in [4.69, 9.17) is 15.2 Å². The van der Waals surface area contributed by atoms with Gasteiger partial charge in [-0.1, -0.05) is 13.8 Å². The lowest BCUT2D eigenvalue weighted by Gasteiger charge is -2.36. The van der Waals surface area contributed by atoms with Crippen LogP contribution in [0.1, 0.15) is 53.4 Å². The Labute approximate surface area is 217 Å². The Morgan fingerprint density at radius 2 is 1.62 bits per heavy atom. The molecule has 0 aromatic rings. The fourth-order valence-electron chi connectivity index (χ4n) is 5.66. The largest absolute Gasteiger partial charge is 0.447 e. The first-order valence-electron chi connectivity index (χ1n) is 12.3. The lowest BCUT2D eigenvalue weighted by molar-refractivity contribution is -0.740. The number of rotatable bonds is 12. The Kier molecular flexibility index (Phi) is 6.64. The van der Waals surface area contributed by atoms with E-state index in [0.717, 1.165) is 0 Å². The highest BCUT2D eigenvalue weighted by Gasteiger charge is 3.23. The van der Waals surface area contributed by atoms with Crippen LogP contribution in [0, 0.1) is 17.3 Å². The minimum absolute atomic E-state index is 0.202. The summed E-state index contributed by atoms with van der Waals surface area (Å²) >= 11 is 4.24. The second-order valence-corrected chi connectivity index (χ2v) is 12.0. The Morgan fingerprint density at radius 1 is 1.08 bits per heavy atom. The molecule has 0 aromatic carbocycles. The normalized spacial score (nSPS) is 33.2. The van der Waals surface area contributed by atoms with Gasteiger partial charge in [0.1, 0.15) is 6.61 Å². The molecular formula is C23H33F5N3O5S+. The molecule has 5 rings (SSSR count). The number of cyclic esters (lactones) is 1. The first kappa shape index (κ1) is 28.3. The van der Waals surface area contributed by atoms with E-state index in [1.165, 1.54) is 6.92 Å². The molecule has 4 atom stereocenters. The number of amides is 2. The van der Waals surface area contributed by atoms with Gasteiger partial charge < -0.3 is 9.47 Å². The molecule has 1 unspecified atom stereocenters. The zero-order valence-corrected chi connectivity index (χ0v) is 22.0. The standard InChI is InChI=1S/C23H32F5N3O5S/c1-20(2,10-37)13-9-35-19(34)30(13)17(32)11(6-8-23(26,27)28)12(5-7-21(3,24)25)18(33)36-22(4,29)31-14-15(31)16(14)31/h11-16H,5-10,29H2,1-4H3/p+1/t11-,12+,13-,14?,15?,16?,22?,31?/m1/s1. The van der Waals surface area contributed by atoms with Crippen molar-refractivity contribution in [2.45, 2.75) is 95.5 Å². The van der Waals surface area contributed by atoms with Crippen molar-refractivity contribution in [2.24, 2.45) is 23.0 Å². The third kappa shape index (κ3) is 5.05. The number of hydrogen-bond acceptors (Lipinski definition) is 7. The number of quaternary nitrogens is 1. The number of ether oxygens (including phenoxy) is 2. The topological polar surface area (TPSA) is 98.9 Å². The number of hydrogen-bond donors (Lipinski definition) is 2. The van der Waals surface area contributed by atoms with E-state index in [1.54, 1.807) is 13.8 Å². The van der Waals surface area contributed by atoms with Gasteiger partial charge in [0.25, 0.3) is 0 Å². The molecule has 2 amide bonds. The molecule has 210 valence electrons. The maximum atomic E-state index is 13.8. The molecule has 4 heterocycles. The quantitative estimate of drug-likeness (QED) is 0.0951. The highest BCUT2D eigenvalue weighted by molar-refractivity contribution is 7.80. The van der Waals surface area contributed by atoms with Gasteiger partial charge in [-0.2, -0.15) is 25.8 Å². The van der Waals surface area contributed by atoms with Crippen molar-refractivity contribution in [3.63, 3.8) is 0 Å². The maximum Gasteiger partial charge on any atom is 0.417 e. The summed E-state index contributed by atoms with van der Waals surface area (Å²) in [4.78, 5) is 40.3. The number of carbonyl (C=O) groups is 3. The number of nitrogens with zero attached hydrogens (tertiary/aromatic N) is 2. The lowest BCUT2D eigenvalue weighted by Crippen LogP contribution is -2.54. The van der Waals surface area contributed by atoms with Crippen molar-refractivity contribution in [2.75, 3.05) is 12.4 Å². The van der Waals surface area contributed by atoms with E-state index in [0.29, 0.717) is 34.4 Å². The minimum atomic E-state index is -4.70. The molecule has 1 saturated carbocycles. The van der Waals surface area contributed by atoms with Crippen molar-refractivity contribution in [3.8, 4) is 0 Å². The van der Waals surface area contributed by atoms with Gasteiger partial charge in [-0.05, 0) is 30.9 Å². The Hall–Kier alpha value is -1.67. The van der Waals surface area contributed by atoms with Gasteiger partial charge >= 0.3 is 24.1 Å². The van der Waals surface area contributed by atoms with Gasteiger partial charge in [0.15, 0.2) is 0 Å². The van der Waals surface area contributed by atoms with E-state index in [1.807, 2.05) is 0 Å². The zero-order valence-electron chi connectivity index (χ0n) is 21.1. The predicted molar refractivity (Wildman–Crippen MR) is 122 cm³/mol. The third-order valence-electron chi connectivity index (χ3n) is 8.35. The van der Waals surface area contributed by atoms with Gasteiger partial charge in [-0.3, -0.25) is 9.59 Å². The average Bonchev–Trinajstić information content (AvgIpc) is 3.61. The fraction of sp³-hybridized carbons (Fsp3) is 0.870. The van der Waals surface area contributed by atoms with E-state index in [9.17, 15) is 36.3 Å². The summed E-state index contributed by atoms with van der Waals surface area (Å²) in [6.07, 6.45) is -9.65. The molecule has 0 bridgehead atoms. The number of thiol groups is 1. The molecule has 37 heavy (non-hydrogen) atoms. The van der Waals surface area contributed by atoms with Crippen molar-refractivity contribution < 1.29 is 50.3 Å². The SMILES string of the molecule is CC(F)(F)CC[C@H](C(=O)OC(C)(N)[N+]12C3C1C32)[C@@H](CCC(F)(F)F)C(=O)N1C(=O)OC[C@@H]1C(C)(C)CS. The molecule has 4 saturated heterocycles. The van der Waals surface area contributed by atoms with Crippen molar-refractivity contribution in [1.82, 2.24) is 4.90 Å². The molecule has 2 N–H and O–H groups in total. The van der Waals surface area contributed by atoms with Crippen LogP contribution in [0.5, 0.6) is 0 Å². The summed E-state index contributed by atoms with van der Waals surface area (Å²) in [5.74, 6) is -10.2. The summed E-state index contributed by atoms with van der Waals surface area (Å²) in [7, 11) is 0. The molecule has 0 radical (unpaired) electrons. The van der Waals surface area contributed by atoms with Crippen LogP contribution < -0.4 is 5.73 Å². The molecule has 0 spiro atoms. The molecule has 5 aliphatic rings. The molecular weight excluding hydrogens is 525 g/mol. The number of esters is 1. The minimum Gasteiger partial charge on any atom is -0.447 e. The van der Waals surface area contributed by atoms with Crippen molar-refractivity contribution in [1.29, 1.82) is 0 Å². The van der Waals surface area contributed by atoms with Crippen LogP contribution in [0.3, 0.4) is 0 Å². The predicted octanol–water partition coefficient (Wildman–Crippen LogP) is 3.44. The summed E-state index contributed by atoms with van der Waals surface area (Å²) in [6.45, 7) is 5.25. The molecule has 5 fully saturated rings. The van der Waals surface area contributed by atoms with Crippen LogP contribution in [0.25, 0.3) is 0 Å². The van der Waals surface area contributed by atoms with Crippen molar-refractivity contribution >= 4 is 30.6 Å². The summed E-state index contributed by atoms with van der Waals surface area (Å²) in [5.41, 5.74) is 5.44. The molecule has 4 aliphatic heterocycles. The highest BCUT2D eigenvalue weighted by atomic mass is 32.1. The Bertz CT molecular complexity index is 957. The number of carbonyl (C=O) groups excluding carboxylic acids is 3. The second-order valence-electron chi connectivity index (χ2n) is 11.7. The van der Waals surface area contributed by atoms with E-state index in [-0.39, 0.29) is 12.4 Å². The Morgan fingerprint density at radius 3 is 2.08 bits per heavy atom. The third-order valence-corrected chi connectivity index (χ3v) is 9.17. The van der Waals surface area contributed by atoms with Crippen LogP contribution >= 0.6 is 12.6 Å². The van der Waals surface area contributed by atoms with Gasteiger partial charge in [-0.25, -0.2) is 28.7 Å². The zero-order chi connectivity index (χ0) is 27.9. The van der Waals surface area contributed by atoms with Gasteiger partial charge in [0, 0.05) is 19.8 Å². The van der Waals surface area contributed by atoms with Crippen molar-refractivity contribution in [3.05, 3.63) is 0 Å².